The van der Waals surface area contributed by atoms with Crippen LogP contribution in [0.5, 0.6) is 0 Å². The van der Waals surface area contributed by atoms with Gasteiger partial charge in [-0.25, -0.2) is 0 Å². The molecule has 114 valence electrons. The second-order valence-electron chi connectivity index (χ2n) is 4.56. The number of aromatic nitrogens is 3. The zero-order valence-electron chi connectivity index (χ0n) is 12.2. The van der Waals surface area contributed by atoms with Crippen LogP contribution in [0.1, 0.15) is 6.92 Å². The quantitative estimate of drug-likeness (QED) is 0.777. The van der Waals surface area contributed by atoms with E-state index in [-0.39, 0.29) is 17.7 Å². The van der Waals surface area contributed by atoms with Crippen molar-refractivity contribution < 1.29 is 13.9 Å². The number of thioether (sulfide) groups is 1. The highest BCUT2D eigenvalue weighted by Gasteiger charge is 2.15. The molecule has 7 nitrogen and oxygen atoms in total. The van der Waals surface area contributed by atoms with Crippen molar-refractivity contribution in [2.75, 3.05) is 19.5 Å². The molecule has 0 fully saturated rings. The van der Waals surface area contributed by atoms with E-state index in [1.807, 2.05) is 20.0 Å². The molecule has 2 rings (SSSR count). The molecule has 0 radical (unpaired) electrons. The number of carbonyl (C=O) groups excluding carboxylic acids is 1. The maximum absolute atomic E-state index is 11.8. The molecule has 8 heteroatoms. The van der Waals surface area contributed by atoms with Crippen molar-refractivity contribution in [3.63, 3.8) is 0 Å². The predicted octanol–water partition coefficient (Wildman–Crippen LogP) is 1.32. The largest absolute Gasteiger partial charge is 0.461 e. The molecule has 1 N–H and O–H groups in total. The lowest BCUT2D eigenvalue weighted by Crippen LogP contribution is -2.36. The number of ether oxygens (including phenoxy) is 1. The maximum atomic E-state index is 11.8. The Labute approximate surface area is 127 Å². The van der Waals surface area contributed by atoms with E-state index in [1.165, 1.54) is 11.8 Å². The molecule has 0 aliphatic heterocycles. The van der Waals surface area contributed by atoms with Gasteiger partial charge in [0, 0.05) is 20.2 Å². The highest BCUT2D eigenvalue weighted by Crippen LogP contribution is 2.22. The first-order chi connectivity index (χ1) is 10.1. The molecule has 0 aliphatic rings. The third-order valence-corrected chi connectivity index (χ3v) is 3.75. The molecule has 0 saturated heterocycles. The average Bonchev–Trinajstić information content (AvgIpc) is 3.06. The van der Waals surface area contributed by atoms with Crippen LogP contribution in [0.2, 0.25) is 0 Å². The summed E-state index contributed by atoms with van der Waals surface area (Å²) in [5, 5.41) is 11.7. The first-order valence-electron chi connectivity index (χ1n) is 6.46. The number of amides is 1. The van der Waals surface area contributed by atoms with Gasteiger partial charge in [0.15, 0.2) is 16.7 Å². The van der Waals surface area contributed by atoms with Crippen LogP contribution in [0, 0.1) is 0 Å². The van der Waals surface area contributed by atoms with Crippen LogP contribution in [0.3, 0.4) is 0 Å². The van der Waals surface area contributed by atoms with Crippen LogP contribution in [-0.2, 0) is 16.6 Å². The predicted molar refractivity (Wildman–Crippen MR) is 78.9 cm³/mol. The van der Waals surface area contributed by atoms with Crippen LogP contribution >= 0.6 is 11.8 Å². The zero-order chi connectivity index (χ0) is 15.2. The molecule has 1 amide bonds. The zero-order valence-corrected chi connectivity index (χ0v) is 13.0. The fraction of sp³-hybridized carbons (Fsp3) is 0.462. The molecule has 0 aliphatic carbocycles. The summed E-state index contributed by atoms with van der Waals surface area (Å²) in [6.45, 7) is 2.38. The van der Waals surface area contributed by atoms with E-state index in [9.17, 15) is 4.79 Å². The Balaban J connectivity index is 1.91. The van der Waals surface area contributed by atoms with E-state index in [0.717, 1.165) is 0 Å². The van der Waals surface area contributed by atoms with Crippen LogP contribution in [-0.4, -0.2) is 46.2 Å². The number of hydrogen-bond acceptors (Lipinski definition) is 6. The van der Waals surface area contributed by atoms with Crippen molar-refractivity contribution in [1.82, 2.24) is 20.1 Å². The van der Waals surface area contributed by atoms with E-state index in [2.05, 4.69) is 15.5 Å². The minimum Gasteiger partial charge on any atom is -0.461 e. The second kappa shape index (κ2) is 7.28. The number of nitrogens with zero attached hydrogens (tertiary/aromatic N) is 3. The van der Waals surface area contributed by atoms with E-state index in [1.54, 1.807) is 24.0 Å². The summed E-state index contributed by atoms with van der Waals surface area (Å²) in [5.74, 6) is 1.50. The lowest BCUT2D eigenvalue weighted by atomic mass is 10.3. The van der Waals surface area contributed by atoms with Crippen molar-refractivity contribution in [3.8, 4) is 11.6 Å². The SMILES string of the molecule is COCC(C)NC(=O)CSc1nnc(-c2ccco2)n1C. The van der Waals surface area contributed by atoms with E-state index >= 15 is 0 Å². The molecule has 0 aromatic carbocycles. The molecule has 1 unspecified atom stereocenters. The summed E-state index contributed by atoms with van der Waals surface area (Å²) in [4.78, 5) is 11.8. The molecule has 21 heavy (non-hydrogen) atoms. The molecule has 2 heterocycles. The maximum Gasteiger partial charge on any atom is 0.230 e. The summed E-state index contributed by atoms with van der Waals surface area (Å²) in [6.07, 6.45) is 1.58. The fourth-order valence-corrected chi connectivity index (χ4v) is 2.52. The van der Waals surface area contributed by atoms with Crippen molar-refractivity contribution >= 4 is 17.7 Å². The molecule has 0 saturated carbocycles. The van der Waals surface area contributed by atoms with Crippen LogP contribution in [0.4, 0.5) is 0 Å². The van der Waals surface area contributed by atoms with Gasteiger partial charge in [-0.1, -0.05) is 11.8 Å². The summed E-state index contributed by atoms with van der Waals surface area (Å²) in [5.41, 5.74) is 0. The van der Waals surface area contributed by atoms with Gasteiger partial charge < -0.3 is 19.0 Å². The van der Waals surface area contributed by atoms with Gasteiger partial charge in [0.25, 0.3) is 0 Å². The summed E-state index contributed by atoms with van der Waals surface area (Å²) in [7, 11) is 3.44. The van der Waals surface area contributed by atoms with Crippen LogP contribution in [0.15, 0.2) is 28.0 Å². The minimum atomic E-state index is -0.0629. The van der Waals surface area contributed by atoms with Crippen molar-refractivity contribution in [2.24, 2.45) is 7.05 Å². The van der Waals surface area contributed by atoms with Gasteiger partial charge in [-0.2, -0.15) is 0 Å². The summed E-state index contributed by atoms with van der Waals surface area (Å²) in [6, 6.07) is 3.60. The summed E-state index contributed by atoms with van der Waals surface area (Å²) < 4.78 is 12.1. The topological polar surface area (TPSA) is 82.2 Å². The number of hydrogen-bond donors (Lipinski definition) is 1. The van der Waals surface area contributed by atoms with Gasteiger partial charge in [0.2, 0.25) is 5.91 Å². The molecule has 0 spiro atoms. The van der Waals surface area contributed by atoms with Gasteiger partial charge in [-0.3, -0.25) is 4.79 Å². The van der Waals surface area contributed by atoms with Gasteiger partial charge in [0.1, 0.15) is 0 Å². The number of nitrogens with one attached hydrogen (secondary N) is 1. The first kappa shape index (κ1) is 15.6. The van der Waals surface area contributed by atoms with E-state index in [0.29, 0.717) is 23.3 Å². The Morgan fingerprint density at radius 2 is 2.38 bits per heavy atom. The highest BCUT2D eigenvalue weighted by molar-refractivity contribution is 7.99. The lowest BCUT2D eigenvalue weighted by Gasteiger charge is -2.12. The van der Waals surface area contributed by atoms with E-state index in [4.69, 9.17) is 9.15 Å². The van der Waals surface area contributed by atoms with Crippen molar-refractivity contribution in [1.29, 1.82) is 0 Å². The van der Waals surface area contributed by atoms with Gasteiger partial charge in [-0.05, 0) is 19.1 Å². The molecule has 0 bridgehead atoms. The second-order valence-corrected chi connectivity index (χ2v) is 5.50. The number of methoxy groups -OCH3 is 1. The number of rotatable bonds is 7. The summed E-state index contributed by atoms with van der Waals surface area (Å²) >= 11 is 1.33. The standard InChI is InChI=1S/C13H18N4O3S/c1-9(7-19-3)14-11(18)8-21-13-16-15-12(17(13)2)10-5-4-6-20-10/h4-6,9H,7-8H2,1-3H3,(H,14,18). The van der Waals surface area contributed by atoms with Crippen molar-refractivity contribution in [2.45, 2.75) is 18.1 Å². The minimum absolute atomic E-state index is 0.0127. The van der Waals surface area contributed by atoms with Crippen LogP contribution < -0.4 is 5.32 Å². The van der Waals surface area contributed by atoms with Gasteiger partial charge in [-0.15, -0.1) is 10.2 Å². The molecular formula is C13H18N4O3S. The van der Waals surface area contributed by atoms with Gasteiger partial charge >= 0.3 is 0 Å². The Bertz CT molecular complexity index is 582. The third-order valence-electron chi connectivity index (χ3n) is 2.73. The normalized spacial score (nSPS) is 12.3. The fourth-order valence-electron chi connectivity index (χ4n) is 1.80. The highest BCUT2D eigenvalue weighted by atomic mass is 32.2. The third kappa shape index (κ3) is 4.08. The first-order valence-corrected chi connectivity index (χ1v) is 7.44. The van der Waals surface area contributed by atoms with Gasteiger partial charge in [0.05, 0.1) is 18.6 Å². The molecule has 1 atom stereocenters. The average molecular weight is 310 g/mol. The smallest absolute Gasteiger partial charge is 0.230 e. The van der Waals surface area contributed by atoms with Crippen molar-refractivity contribution in [3.05, 3.63) is 18.4 Å². The Kier molecular flexibility index (Phi) is 5.40. The number of furan rings is 1. The van der Waals surface area contributed by atoms with Crippen LogP contribution in [0.25, 0.3) is 11.6 Å². The molecule has 2 aromatic heterocycles. The Morgan fingerprint density at radius 1 is 1.57 bits per heavy atom. The molecule has 2 aromatic rings. The molecular weight excluding hydrogens is 292 g/mol. The van der Waals surface area contributed by atoms with E-state index < -0.39 is 0 Å². The Morgan fingerprint density at radius 3 is 3.05 bits per heavy atom. The monoisotopic (exact) mass is 310 g/mol. The Hall–Kier alpha value is -1.80. The number of carbonyl (C=O) groups is 1. The lowest BCUT2D eigenvalue weighted by molar-refractivity contribution is -0.119.